The van der Waals surface area contributed by atoms with E-state index >= 15 is 0 Å². The number of phenolic OH excluding ortho intramolecular Hbond substituents is 2. The molecule has 0 spiro atoms. The maximum absolute atomic E-state index is 14.1. The van der Waals surface area contributed by atoms with Gasteiger partial charge in [-0.05, 0) is 72.6 Å². The molecule has 7 unspecified atom stereocenters. The third-order valence-electron chi connectivity index (χ3n) is 15.2. The number of H-pyrrole nitrogens is 1. The highest BCUT2D eigenvalue weighted by Gasteiger charge is 2.50. The molecule has 4 aromatic carbocycles. The van der Waals surface area contributed by atoms with Gasteiger partial charge in [-0.2, -0.15) is 4.98 Å². The highest BCUT2D eigenvalue weighted by molar-refractivity contribution is 8.76. The van der Waals surface area contributed by atoms with Crippen LogP contribution in [-0.2, 0) is 59.3 Å². The number of aliphatic carboxylic acids is 2. The zero-order valence-electron chi connectivity index (χ0n) is 46.6. The van der Waals surface area contributed by atoms with Crippen LogP contribution in [-0.4, -0.2) is 141 Å². The molecule has 2 aromatic heterocycles. The van der Waals surface area contributed by atoms with Crippen molar-refractivity contribution in [1.29, 1.82) is 0 Å². The van der Waals surface area contributed by atoms with Gasteiger partial charge in [0.05, 0.1) is 59.9 Å². The molecule has 1 fully saturated rings. The number of aromatic amines is 1. The third-order valence-corrected chi connectivity index (χ3v) is 17.2. The molecule has 1 aliphatic heterocycles. The summed E-state index contributed by atoms with van der Waals surface area (Å²) in [6.07, 6.45) is -7.97. The Morgan fingerprint density at radius 3 is 2.37 bits per heavy atom. The number of aliphatic hydroxyl groups excluding tert-OH is 1. The molecular formula is C58H58N8O19S2. The number of amides is 2. The number of aliphatic hydroxyl groups is 2. The number of carbonyl (C=O) groups is 8. The van der Waals surface area contributed by atoms with Crippen LogP contribution in [0.1, 0.15) is 122 Å². The summed E-state index contributed by atoms with van der Waals surface area (Å²) >= 11 is 0. The molecule has 9 rings (SSSR count). The number of ketones is 4. The van der Waals surface area contributed by atoms with Crippen LogP contribution < -0.4 is 31.4 Å². The van der Waals surface area contributed by atoms with E-state index in [2.05, 4.69) is 35.3 Å². The minimum atomic E-state index is -2.20. The van der Waals surface area contributed by atoms with Crippen LogP contribution in [0.5, 0.6) is 17.2 Å². The number of nitrogens with two attached hydrogens (primary N) is 1. The van der Waals surface area contributed by atoms with Gasteiger partial charge < -0.3 is 66.0 Å². The molecule has 0 radical (unpaired) electrons. The number of hydrogen-bond acceptors (Lipinski definition) is 24. The third kappa shape index (κ3) is 13.7. The fraction of sp³-hybridized carbons (Fsp3) is 0.345. The van der Waals surface area contributed by atoms with Gasteiger partial charge in [-0.25, -0.2) is 24.3 Å². The number of benzene rings is 4. The van der Waals surface area contributed by atoms with Crippen LogP contribution >= 0.6 is 21.8 Å². The first-order valence-electron chi connectivity index (χ1n) is 27.0. The lowest BCUT2D eigenvalue weighted by Crippen LogP contribution is -2.55. The van der Waals surface area contributed by atoms with E-state index in [1.54, 1.807) is 48.5 Å². The maximum atomic E-state index is 14.1. The first kappa shape index (κ1) is 62.7. The molecule has 2 aliphatic carbocycles. The Kier molecular flexibility index (Phi) is 19.0. The Hall–Kier alpha value is -8.84. The maximum Gasteiger partial charge on any atom is 0.407 e. The molecule has 12 N–H and O–H groups in total. The normalized spacial score (nSPS) is 20.3. The summed E-state index contributed by atoms with van der Waals surface area (Å²) in [4.78, 5) is 132. The van der Waals surface area contributed by atoms with Crippen LogP contribution in [0.15, 0.2) is 82.6 Å². The minimum absolute atomic E-state index is 0.0359. The number of aryl methyl sites for hydroxylation is 2. The van der Waals surface area contributed by atoms with Crippen LogP contribution in [0.25, 0.3) is 11.2 Å². The number of nitrogen functional groups attached to an aromatic ring is 1. The molecule has 2 amide bonds. The number of anilines is 1. The molecule has 87 heavy (non-hydrogen) atoms. The van der Waals surface area contributed by atoms with Gasteiger partial charge in [0.15, 0.2) is 41.0 Å². The Morgan fingerprint density at radius 1 is 0.920 bits per heavy atom. The van der Waals surface area contributed by atoms with Crippen molar-refractivity contribution in [2.45, 2.75) is 119 Å². The van der Waals surface area contributed by atoms with E-state index in [1.807, 2.05) is 0 Å². The van der Waals surface area contributed by atoms with Gasteiger partial charge in [0.2, 0.25) is 17.6 Å². The van der Waals surface area contributed by atoms with E-state index in [9.17, 15) is 73.8 Å². The number of carbonyl (C=O) groups excluding carboxylic acids is 6. The number of nitrogens with one attached hydrogen (secondary N) is 4. The van der Waals surface area contributed by atoms with Gasteiger partial charge in [-0.3, -0.25) is 38.5 Å². The molecule has 8 atom stereocenters. The molecule has 6 aromatic rings. The average molecular weight is 1240 g/mol. The Bertz CT molecular complexity index is 3810. The molecular weight excluding hydrogens is 1180 g/mol. The topological polar surface area (TPSA) is 428 Å². The zero-order valence-corrected chi connectivity index (χ0v) is 48.2. The van der Waals surface area contributed by atoms with Crippen molar-refractivity contribution < 1.29 is 87.9 Å². The number of carboxylic acids is 2. The molecule has 456 valence electrons. The number of methoxy groups -OCH3 is 1. The molecule has 0 bridgehead atoms. The monoisotopic (exact) mass is 1230 g/mol. The number of aromatic hydroxyl groups is 2. The second-order valence-electron chi connectivity index (χ2n) is 20.9. The Balaban J connectivity index is 0.759. The van der Waals surface area contributed by atoms with E-state index in [0.29, 0.717) is 29.0 Å². The van der Waals surface area contributed by atoms with Gasteiger partial charge in [-0.1, -0.05) is 54.6 Å². The number of phenols is 2. The van der Waals surface area contributed by atoms with Gasteiger partial charge in [0.25, 0.3) is 5.56 Å². The molecule has 27 nitrogen and oxygen atoms in total. The van der Waals surface area contributed by atoms with Crippen molar-refractivity contribution in [1.82, 2.24) is 35.3 Å². The van der Waals surface area contributed by atoms with Gasteiger partial charge in [0, 0.05) is 64.8 Å². The minimum Gasteiger partial charge on any atom is -0.507 e. The summed E-state index contributed by atoms with van der Waals surface area (Å²) < 4.78 is 25.8. The smallest absolute Gasteiger partial charge is 0.407 e. The van der Waals surface area contributed by atoms with Crippen LogP contribution in [0.4, 0.5) is 10.7 Å². The summed E-state index contributed by atoms with van der Waals surface area (Å²) in [7, 11) is 3.12. The number of carboxylic acid groups (broad SMARTS) is 2. The largest absolute Gasteiger partial charge is 0.507 e. The number of rotatable bonds is 23. The standard InChI is InChI=1S/C58H58N8O19S2/c1-25-46(70)34(20-40(84-25)85-37-22-58(81,26(2)67)21-33-42(37)50(74)44-43(48(33)72)47(71)32-8-6-9-36(82-3)41(32)49(44)73)62-57(80)83-24-30-7-4-5-10-38(30)86-87-66-52(55(78)79)63-39(69)18-16-29(54(76)77)19-35(68)28-14-11-27(12-15-28)13-17-31-23-60-51-45(61-31)53(75)65-56(59)64-51/h4-12,14-15,23,25,29,34,37,40,46,52,66,70,72,74,81H,13,16-22,24H2,1-3H3,(H,62,80)(H,63,69)(H,76,77)(H,78,79)(H3,59,60,64,65,75)/t25?,29?,34?,37?,40?,46?,52?,58-/m0/s1. The van der Waals surface area contributed by atoms with Crippen LogP contribution in [0.2, 0.25) is 0 Å². The number of alkyl carbamates (subject to hydrolysis) is 1. The molecule has 3 heterocycles. The summed E-state index contributed by atoms with van der Waals surface area (Å²) in [5.74, 6) is -9.31. The quantitative estimate of drug-likeness (QED) is 0.0142. The average Bonchev–Trinajstić information content (AvgIpc) is 0.733. The first-order valence-corrected chi connectivity index (χ1v) is 29.2. The fourth-order valence-electron chi connectivity index (χ4n) is 10.5. The number of aromatic nitrogens is 4. The summed E-state index contributed by atoms with van der Waals surface area (Å²) in [6, 6.07) is 16.3. The van der Waals surface area contributed by atoms with E-state index in [-0.39, 0.29) is 70.1 Å². The lowest BCUT2D eigenvalue weighted by atomic mass is 9.72. The SMILES string of the molecule is COc1cccc2c1C(=O)c1c(O)c3c(c(O)c1C2=O)C[C@@](O)(C(C)=O)CC3OC1CC(NC(=O)OCc2ccccc2SSNC(NC(=O)CCC(CC(=O)c2ccc(CCc3cnc4nc(N)[nH]c(=O)c4n3)cc2)C(=O)O)C(=O)O)C(O)C(C)O1. The lowest BCUT2D eigenvalue weighted by Gasteiger charge is -2.42. The van der Waals surface area contributed by atoms with Crippen molar-refractivity contribution >= 4 is 86.0 Å². The van der Waals surface area contributed by atoms with E-state index in [1.165, 1.54) is 38.4 Å². The number of hydrogen-bond donors (Lipinski definition) is 11. The Morgan fingerprint density at radius 2 is 1.66 bits per heavy atom. The Labute approximate surface area is 501 Å². The number of ether oxygens (including phenoxy) is 4. The predicted octanol–water partition coefficient (Wildman–Crippen LogP) is 3.92. The van der Waals surface area contributed by atoms with E-state index in [0.717, 1.165) is 34.3 Å². The molecule has 0 saturated carbocycles. The van der Waals surface area contributed by atoms with Crippen molar-refractivity contribution in [3.05, 3.63) is 139 Å². The van der Waals surface area contributed by atoms with Gasteiger partial charge >= 0.3 is 18.0 Å². The van der Waals surface area contributed by atoms with Crippen LogP contribution in [0.3, 0.4) is 0 Å². The second-order valence-corrected chi connectivity index (χ2v) is 22.9. The molecule has 3 aliphatic rings. The lowest BCUT2D eigenvalue weighted by molar-refractivity contribution is -0.249. The van der Waals surface area contributed by atoms with Crippen molar-refractivity contribution in [3.8, 4) is 17.2 Å². The van der Waals surface area contributed by atoms with Gasteiger partial charge in [0.1, 0.15) is 35.6 Å². The molecule has 29 heteroatoms. The van der Waals surface area contributed by atoms with Crippen LogP contribution in [0, 0.1) is 5.92 Å². The predicted molar refractivity (Wildman–Crippen MR) is 308 cm³/mol. The summed E-state index contributed by atoms with van der Waals surface area (Å²) in [5.41, 5.74) is 3.29. The second kappa shape index (κ2) is 26.4. The van der Waals surface area contributed by atoms with Crippen molar-refractivity contribution in [2.24, 2.45) is 5.92 Å². The number of nitrogens with zero attached hydrogens (tertiary/aromatic N) is 3. The summed E-state index contributed by atoms with van der Waals surface area (Å²) in [5, 5.41) is 71.2. The first-order chi connectivity index (χ1) is 41.4. The van der Waals surface area contributed by atoms with Crippen molar-refractivity contribution in [3.63, 3.8) is 0 Å². The highest BCUT2D eigenvalue weighted by Crippen LogP contribution is 2.52. The van der Waals surface area contributed by atoms with E-state index in [4.69, 9.17) is 24.7 Å². The van der Waals surface area contributed by atoms with Gasteiger partial charge in [-0.15, -0.1) is 0 Å². The summed E-state index contributed by atoms with van der Waals surface area (Å²) in [6.45, 7) is 2.26. The zero-order chi connectivity index (χ0) is 62.6. The molecule has 1 saturated heterocycles. The number of Topliss-reactive ketones (excluding diaryl/α,β-unsaturated/α-hetero) is 2. The van der Waals surface area contributed by atoms with Crippen molar-refractivity contribution in [2.75, 3.05) is 12.8 Å². The fourth-order valence-corrected chi connectivity index (χ4v) is 12.4. The number of fused-ring (bicyclic) bond motifs is 4. The van der Waals surface area contributed by atoms with E-state index < -0.39 is 149 Å². The highest BCUT2D eigenvalue weighted by atomic mass is 33.1.